The minimum absolute atomic E-state index is 0.0273. The van der Waals surface area contributed by atoms with E-state index < -0.39 is 6.04 Å². The lowest BCUT2D eigenvalue weighted by Gasteiger charge is -2.30. The normalized spacial score (nSPS) is 14.7. The summed E-state index contributed by atoms with van der Waals surface area (Å²) in [4.78, 5) is 27.9. The lowest BCUT2D eigenvalue weighted by molar-refractivity contribution is -0.138. The Labute approximate surface area is 195 Å². The zero-order valence-electron chi connectivity index (χ0n) is 19.3. The first kappa shape index (κ1) is 24.2. The number of amides is 2. The number of nitrogens with one attached hydrogen (secondary N) is 1. The van der Waals surface area contributed by atoms with Gasteiger partial charge in [0, 0.05) is 18.3 Å². The van der Waals surface area contributed by atoms with Crippen LogP contribution in [0.25, 0.3) is 0 Å². The highest BCUT2D eigenvalue weighted by molar-refractivity contribution is 7.99. The third-order valence-corrected chi connectivity index (χ3v) is 7.07. The Kier molecular flexibility index (Phi) is 9.03. The van der Waals surface area contributed by atoms with Crippen LogP contribution in [0.1, 0.15) is 49.3 Å². The molecule has 1 saturated carbocycles. The summed E-state index contributed by atoms with van der Waals surface area (Å²) < 4.78 is 5.33. The zero-order valence-corrected chi connectivity index (χ0v) is 20.1. The van der Waals surface area contributed by atoms with Crippen LogP contribution >= 0.6 is 11.8 Å². The second-order valence-corrected chi connectivity index (χ2v) is 9.44. The average Bonchev–Trinajstić information content (AvgIpc) is 3.31. The Morgan fingerprint density at radius 2 is 1.91 bits per heavy atom. The van der Waals surface area contributed by atoms with E-state index in [0.29, 0.717) is 12.3 Å². The van der Waals surface area contributed by atoms with E-state index in [2.05, 4.69) is 24.4 Å². The smallest absolute Gasteiger partial charge is 0.242 e. The zero-order chi connectivity index (χ0) is 22.9. The van der Waals surface area contributed by atoms with Crippen molar-refractivity contribution in [3.8, 4) is 5.75 Å². The van der Waals surface area contributed by atoms with Gasteiger partial charge in [-0.1, -0.05) is 49.2 Å². The number of aryl methyl sites for hydroxylation is 1. The van der Waals surface area contributed by atoms with Crippen LogP contribution in [-0.2, 0) is 21.9 Å². The number of methoxy groups -OCH3 is 1. The Hall–Kier alpha value is -2.47. The van der Waals surface area contributed by atoms with E-state index in [1.54, 1.807) is 23.8 Å². The first-order chi connectivity index (χ1) is 15.5. The van der Waals surface area contributed by atoms with Gasteiger partial charge in [-0.05, 0) is 55.5 Å². The van der Waals surface area contributed by atoms with Crippen LogP contribution in [0.4, 0.5) is 0 Å². The van der Waals surface area contributed by atoms with Crippen molar-refractivity contribution in [2.45, 2.75) is 63.9 Å². The largest absolute Gasteiger partial charge is 0.497 e. The molecule has 2 amide bonds. The molecule has 6 heteroatoms. The van der Waals surface area contributed by atoms with E-state index in [0.717, 1.165) is 42.7 Å². The van der Waals surface area contributed by atoms with Gasteiger partial charge in [-0.2, -0.15) is 0 Å². The van der Waals surface area contributed by atoms with Gasteiger partial charge < -0.3 is 15.0 Å². The molecule has 0 aromatic heterocycles. The molecule has 1 aliphatic carbocycles. The fourth-order valence-corrected chi connectivity index (χ4v) is 5.03. The molecule has 2 aromatic carbocycles. The molecule has 32 heavy (non-hydrogen) atoms. The standard InChI is InChI=1S/C26H34N2O3S/c1-19-9-4-5-11-22(19)17-32-18-25(29)28(16-21-10-8-14-24(15-21)31-3)20(2)26(30)27-23-12-6-7-13-23/h4-5,8-11,14-15,20,23H,6-7,12-13,16-18H2,1-3H3,(H,27,30)/t20-/m0/s1. The molecule has 1 N–H and O–H groups in total. The van der Waals surface area contributed by atoms with Crippen LogP contribution < -0.4 is 10.1 Å². The van der Waals surface area contributed by atoms with Gasteiger partial charge >= 0.3 is 0 Å². The maximum Gasteiger partial charge on any atom is 0.242 e. The number of hydrogen-bond donors (Lipinski definition) is 1. The molecule has 1 atom stereocenters. The summed E-state index contributed by atoms with van der Waals surface area (Å²) in [5.74, 6) is 1.75. The second kappa shape index (κ2) is 12.0. The Morgan fingerprint density at radius 1 is 1.16 bits per heavy atom. The highest BCUT2D eigenvalue weighted by atomic mass is 32.2. The highest BCUT2D eigenvalue weighted by Gasteiger charge is 2.28. The van der Waals surface area contributed by atoms with Crippen LogP contribution in [0.3, 0.4) is 0 Å². The van der Waals surface area contributed by atoms with Crippen LogP contribution in [0.15, 0.2) is 48.5 Å². The third-order valence-electron chi connectivity index (χ3n) is 6.10. The van der Waals surface area contributed by atoms with Crippen molar-refractivity contribution < 1.29 is 14.3 Å². The predicted octanol–water partition coefficient (Wildman–Crippen LogP) is 4.71. The van der Waals surface area contributed by atoms with E-state index in [4.69, 9.17) is 4.74 Å². The molecule has 0 radical (unpaired) electrons. The molecule has 0 aliphatic heterocycles. The summed E-state index contributed by atoms with van der Waals surface area (Å²) in [5.41, 5.74) is 3.41. The summed E-state index contributed by atoms with van der Waals surface area (Å²) in [5, 5.41) is 3.15. The Balaban J connectivity index is 1.68. The highest BCUT2D eigenvalue weighted by Crippen LogP contribution is 2.21. The number of ether oxygens (including phenoxy) is 1. The topological polar surface area (TPSA) is 58.6 Å². The number of rotatable bonds is 10. The van der Waals surface area contributed by atoms with Crippen LogP contribution in [0.5, 0.6) is 5.75 Å². The van der Waals surface area contributed by atoms with E-state index in [9.17, 15) is 9.59 Å². The minimum atomic E-state index is -0.534. The molecule has 0 spiro atoms. The molecular formula is C26H34N2O3S. The van der Waals surface area contributed by atoms with Gasteiger partial charge in [-0.25, -0.2) is 0 Å². The summed E-state index contributed by atoms with van der Waals surface area (Å²) in [6.07, 6.45) is 4.35. The molecular weight excluding hydrogens is 420 g/mol. The van der Waals surface area contributed by atoms with Gasteiger partial charge in [-0.15, -0.1) is 11.8 Å². The molecule has 0 bridgehead atoms. The van der Waals surface area contributed by atoms with Crippen molar-refractivity contribution >= 4 is 23.6 Å². The summed E-state index contributed by atoms with van der Waals surface area (Å²) in [7, 11) is 1.63. The average molecular weight is 455 g/mol. The van der Waals surface area contributed by atoms with Crippen molar-refractivity contribution in [3.63, 3.8) is 0 Å². The van der Waals surface area contributed by atoms with Crippen LogP contribution in [0, 0.1) is 6.92 Å². The first-order valence-electron chi connectivity index (χ1n) is 11.3. The number of hydrogen-bond acceptors (Lipinski definition) is 4. The monoisotopic (exact) mass is 454 g/mol. The predicted molar refractivity (Wildman–Crippen MR) is 131 cm³/mol. The SMILES string of the molecule is COc1cccc(CN(C(=O)CSCc2ccccc2C)[C@@H](C)C(=O)NC2CCCC2)c1. The lowest BCUT2D eigenvalue weighted by atomic mass is 10.1. The maximum absolute atomic E-state index is 13.3. The van der Waals surface area contributed by atoms with Gasteiger partial charge in [0.1, 0.15) is 11.8 Å². The number of carbonyl (C=O) groups excluding carboxylic acids is 2. The molecule has 2 aromatic rings. The van der Waals surface area contributed by atoms with Gasteiger partial charge in [-0.3, -0.25) is 9.59 Å². The van der Waals surface area contributed by atoms with Crippen LogP contribution in [-0.4, -0.2) is 41.7 Å². The van der Waals surface area contributed by atoms with Crippen molar-refractivity contribution in [3.05, 3.63) is 65.2 Å². The van der Waals surface area contributed by atoms with Gasteiger partial charge in [0.2, 0.25) is 11.8 Å². The fraction of sp³-hybridized carbons (Fsp3) is 0.462. The van der Waals surface area contributed by atoms with E-state index in [1.165, 1.54) is 11.1 Å². The lowest BCUT2D eigenvalue weighted by Crippen LogP contribution is -2.50. The fourth-order valence-electron chi connectivity index (χ4n) is 4.05. The second-order valence-electron chi connectivity index (χ2n) is 8.46. The third kappa shape index (κ3) is 6.76. The van der Waals surface area contributed by atoms with Crippen molar-refractivity contribution in [1.82, 2.24) is 10.2 Å². The summed E-state index contributed by atoms with van der Waals surface area (Å²) in [6, 6.07) is 15.6. The number of nitrogens with zero attached hydrogens (tertiary/aromatic N) is 1. The number of carbonyl (C=O) groups is 2. The van der Waals surface area contributed by atoms with E-state index >= 15 is 0 Å². The molecule has 0 saturated heterocycles. The molecule has 5 nitrogen and oxygen atoms in total. The van der Waals surface area contributed by atoms with Gasteiger partial charge in [0.25, 0.3) is 0 Å². The van der Waals surface area contributed by atoms with Crippen molar-refractivity contribution in [2.75, 3.05) is 12.9 Å². The van der Waals surface area contributed by atoms with E-state index in [1.807, 2.05) is 43.3 Å². The quantitative estimate of drug-likeness (QED) is 0.565. The van der Waals surface area contributed by atoms with Gasteiger partial charge in [0.05, 0.1) is 12.9 Å². The van der Waals surface area contributed by atoms with Crippen LogP contribution in [0.2, 0.25) is 0 Å². The first-order valence-corrected chi connectivity index (χ1v) is 12.5. The minimum Gasteiger partial charge on any atom is -0.497 e. The molecule has 3 rings (SSSR count). The molecule has 0 unspecified atom stereocenters. The summed E-state index contributed by atoms with van der Waals surface area (Å²) >= 11 is 1.59. The van der Waals surface area contributed by atoms with Crippen molar-refractivity contribution in [1.29, 1.82) is 0 Å². The molecule has 0 heterocycles. The Bertz CT molecular complexity index is 911. The maximum atomic E-state index is 13.3. The molecule has 1 aliphatic rings. The number of benzene rings is 2. The van der Waals surface area contributed by atoms with Gasteiger partial charge in [0.15, 0.2) is 0 Å². The molecule has 172 valence electrons. The summed E-state index contributed by atoms with van der Waals surface area (Å²) in [6.45, 7) is 4.29. The molecule has 1 fully saturated rings. The van der Waals surface area contributed by atoms with Crippen molar-refractivity contribution in [2.24, 2.45) is 0 Å². The number of thioether (sulfide) groups is 1. The van der Waals surface area contributed by atoms with E-state index in [-0.39, 0.29) is 17.9 Å². The Morgan fingerprint density at radius 3 is 2.62 bits per heavy atom.